The molecule has 1 aromatic heterocycles. The van der Waals surface area contributed by atoms with E-state index in [4.69, 9.17) is 4.84 Å². The van der Waals surface area contributed by atoms with Crippen LogP contribution in [0.15, 0.2) is 11.4 Å². The summed E-state index contributed by atoms with van der Waals surface area (Å²) in [4.78, 5) is 21.5. The largest absolute Gasteiger partial charge is 0.382 e. The number of carbonyl (C=O) groups is 1. The molecule has 1 amide bonds. The van der Waals surface area contributed by atoms with E-state index in [1.165, 1.54) is 38.5 Å². The summed E-state index contributed by atoms with van der Waals surface area (Å²) in [6.07, 6.45) is 14.1. The van der Waals surface area contributed by atoms with Gasteiger partial charge in [0.1, 0.15) is 0 Å². The summed E-state index contributed by atoms with van der Waals surface area (Å²) < 4.78 is 1.96. The first kappa shape index (κ1) is 19.5. The highest BCUT2D eigenvalue weighted by atomic mass is 16.6. The Balaban J connectivity index is 1.48. The quantitative estimate of drug-likeness (QED) is 0.762. The van der Waals surface area contributed by atoms with Crippen LogP contribution >= 0.6 is 0 Å². The van der Waals surface area contributed by atoms with Gasteiger partial charge in [-0.1, -0.05) is 43.7 Å². The number of aryl methyl sites for hydroxylation is 1. The van der Waals surface area contributed by atoms with E-state index in [0.29, 0.717) is 18.5 Å². The molecule has 0 bridgehead atoms. The van der Waals surface area contributed by atoms with Crippen LogP contribution in [0.3, 0.4) is 0 Å². The summed E-state index contributed by atoms with van der Waals surface area (Å²) in [5, 5.41) is 8.72. The highest BCUT2D eigenvalue weighted by molar-refractivity contribution is 6.04. The van der Waals surface area contributed by atoms with E-state index in [1.54, 1.807) is 0 Å². The standard InChI is InChI=1S/C22H34N4O2/c1-3-25-16(2)19(15-23-25)20-14-21(28-24-20)22(27)26(17-10-6-4-7-11-17)18-12-8-5-9-13-18/h15,17-18,21H,3-14H2,1-2H3/t21-/m0/s1. The maximum absolute atomic E-state index is 13.6. The van der Waals surface area contributed by atoms with Gasteiger partial charge in [-0.05, 0) is 39.5 Å². The van der Waals surface area contributed by atoms with Gasteiger partial charge in [-0.2, -0.15) is 5.10 Å². The van der Waals surface area contributed by atoms with Gasteiger partial charge in [-0.15, -0.1) is 0 Å². The van der Waals surface area contributed by atoms with Gasteiger partial charge in [-0.3, -0.25) is 9.48 Å². The van der Waals surface area contributed by atoms with Crippen molar-refractivity contribution < 1.29 is 9.63 Å². The number of oxime groups is 1. The molecular weight excluding hydrogens is 352 g/mol. The molecular formula is C22H34N4O2. The van der Waals surface area contributed by atoms with E-state index in [2.05, 4.69) is 29.0 Å². The van der Waals surface area contributed by atoms with Gasteiger partial charge in [0.2, 0.25) is 6.10 Å². The van der Waals surface area contributed by atoms with E-state index < -0.39 is 6.10 Å². The van der Waals surface area contributed by atoms with Crippen molar-refractivity contribution in [2.24, 2.45) is 5.16 Å². The number of aromatic nitrogens is 2. The van der Waals surface area contributed by atoms with Gasteiger partial charge < -0.3 is 9.74 Å². The minimum atomic E-state index is -0.469. The summed E-state index contributed by atoms with van der Waals surface area (Å²) >= 11 is 0. The van der Waals surface area contributed by atoms with Crippen LogP contribution in [-0.2, 0) is 16.2 Å². The third kappa shape index (κ3) is 3.83. The lowest BCUT2D eigenvalue weighted by atomic mass is 9.88. The third-order valence-corrected chi connectivity index (χ3v) is 6.85. The maximum atomic E-state index is 13.6. The van der Waals surface area contributed by atoms with Crippen LogP contribution in [0.5, 0.6) is 0 Å². The zero-order valence-electron chi connectivity index (χ0n) is 17.4. The maximum Gasteiger partial charge on any atom is 0.267 e. The molecule has 0 N–H and O–H groups in total. The lowest BCUT2D eigenvalue weighted by Gasteiger charge is -2.42. The van der Waals surface area contributed by atoms with Gasteiger partial charge in [0.15, 0.2) is 0 Å². The first-order valence-corrected chi connectivity index (χ1v) is 11.3. The van der Waals surface area contributed by atoms with Crippen molar-refractivity contribution in [1.82, 2.24) is 14.7 Å². The van der Waals surface area contributed by atoms with Crippen molar-refractivity contribution >= 4 is 11.6 Å². The summed E-state index contributed by atoms with van der Waals surface area (Å²) in [6.45, 7) is 4.97. The van der Waals surface area contributed by atoms with Crippen LogP contribution in [0.1, 0.15) is 88.8 Å². The molecule has 3 aliphatic rings. The van der Waals surface area contributed by atoms with Crippen LogP contribution in [-0.4, -0.2) is 44.5 Å². The Labute approximate surface area is 168 Å². The lowest BCUT2D eigenvalue weighted by molar-refractivity contribution is -0.149. The SMILES string of the molecule is CCn1ncc(C2=NO[C@H](C(=O)N(C3CCCCC3)C3CCCCC3)C2)c1C. The summed E-state index contributed by atoms with van der Waals surface area (Å²) in [6, 6.07) is 0.781. The molecule has 4 rings (SSSR count). The third-order valence-electron chi connectivity index (χ3n) is 6.85. The second-order valence-corrected chi connectivity index (χ2v) is 8.62. The van der Waals surface area contributed by atoms with E-state index in [0.717, 1.165) is 49.2 Å². The van der Waals surface area contributed by atoms with Crippen LogP contribution < -0.4 is 0 Å². The fourth-order valence-corrected chi connectivity index (χ4v) is 5.26. The molecule has 0 radical (unpaired) electrons. The molecule has 2 saturated carbocycles. The van der Waals surface area contributed by atoms with Crippen molar-refractivity contribution in [3.8, 4) is 0 Å². The topological polar surface area (TPSA) is 59.7 Å². The average Bonchev–Trinajstić information content (AvgIpc) is 3.36. The van der Waals surface area contributed by atoms with Crippen LogP contribution in [0.25, 0.3) is 0 Å². The van der Waals surface area contributed by atoms with E-state index in [1.807, 2.05) is 10.9 Å². The van der Waals surface area contributed by atoms with Gasteiger partial charge >= 0.3 is 0 Å². The number of hydrogen-bond donors (Lipinski definition) is 0. The molecule has 0 unspecified atom stereocenters. The summed E-state index contributed by atoms with van der Waals surface area (Å²) in [5.41, 5.74) is 2.97. The molecule has 2 heterocycles. The molecule has 0 saturated heterocycles. The fraction of sp³-hybridized carbons (Fsp3) is 0.773. The first-order valence-electron chi connectivity index (χ1n) is 11.3. The van der Waals surface area contributed by atoms with Crippen molar-refractivity contribution in [1.29, 1.82) is 0 Å². The zero-order chi connectivity index (χ0) is 19.5. The highest BCUT2D eigenvalue weighted by Gasteiger charge is 2.39. The summed E-state index contributed by atoms with van der Waals surface area (Å²) in [5.74, 6) is 0.165. The molecule has 6 nitrogen and oxygen atoms in total. The van der Waals surface area contributed by atoms with Gasteiger partial charge in [0.25, 0.3) is 5.91 Å². The first-order chi connectivity index (χ1) is 13.7. The lowest BCUT2D eigenvalue weighted by Crippen LogP contribution is -2.52. The molecule has 0 spiro atoms. The van der Waals surface area contributed by atoms with Crippen molar-refractivity contribution in [3.05, 3.63) is 17.5 Å². The molecule has 1 aliphatic heterocycles. The smallest absolute Gasteiger partial charge is 0.267 e. The van der Waals surface area contributed by atoms with Gasteiger partial charge in [0, 0.05) is 36.3 Å². The second-order valence-electron chi connectivity index (χ2n) is 8.62. The van der Waals surface area contributed by atoms with Crippen molar-refractivity contribution in [3.63, 3.8) is 0 Å². The Hall–Kier alpha value is -1.85. The molecule has 2 aliphatic carbocycles. The molecule has 1 aromatic rings. The van der Waals surface area contributed by atoms with Crippen molar-refractivity contribution in [2.45, 2.75) is 109 Å². The number of rotatable bonds is 5. The van der Waals surface area contributed by atoms with Gasteiger partial charge in [0.05, 0.1) is 11.9 Å². The predicted octanol–water partition coefficient (Wildman–Crippen LogP) is 4.20. The highest BCUT2D eigenvalue weighted by Crippen LogP contribution is 2.32. The average molecular weight is 387 g/mol. The number of carbonyl (C=O) groups excluding carboxylic acids is 1. The van der Waals surface area contributed by atoms with E-state index in [-0.39, 0.29) is 5.91 Å². The molecule has 28 heavy (non-hydrogen) atoms. The zero-order valence-corrected chi connectivity index (χ0v) is 17.4. The monoisotopic (exact) mass is 386 g/mol. The van der Waals surface area contributed by atoms with Crippen LogP contribution in [0.4, 0.5) is 0 Å². The predicted molar refractivity (Wildman–Crippen MR) is 109 cm³/mol. The normalized spacial score (nSPS) is 24.1. The molecule has 1 atom stereocenters. The Morgan fingerprint density at radius 1 is 1.11 bits per heavy atom. The Morgan fingerprint density at radius 3 is 2.25 bits per heavy atom. The van der Waals surface area contributed by atoms with E-state index in [9.17, 15) is 4.79 Å². The van der Waals surface area contributed by atoms with Crippen LogP contribution in [0.2, 0.25) is 0 Å². The van der Waals surface area contributed by atoms with Gasteiger partial charge in [-0.25, -0.2) is 0 Å². The van der Waals surface area contributed by atoms with Crippen molar-refractivity contribution in [2.75, 3.05) is 0 Å². The minimum absolute atomic E-state index is 0.165. The second kappa shape index (κ2) is 8.66. The summed E-state index contributed by atoms with van der Waals surface area (Å²) in [7, 11) is 0. The van der Waals surface area contributed by atoms with E-state index >= 15 is 0 Å². The number of hydrogen-bond acceptors (Lipinski definition) is 4. The Bertz CT molecular complexity index is 696. The minimum Gasteiger partial charge on any atom is -0.382 e. The molecule has 154 valence electrons. The Morgan fingerprint density at radius 2 is 1.71 bits per heavy atom. The molecule has 6 heteroatoms. The fourth-order valence-electron chi connectivity index (χ4n) is 5.26. The molecule has 0 aromatic carbocycles. The number of amides is 1. The number of nitrogens with zero attached hydrogens (tertiary/aromatic N) is 4. The van der Waals surface area contributed by atoms with Crippen LogP contribution in [0, 0.1) is 6.92 Å². The molecule has 2 fully saturated rings. The Kier molecular flexibility index (Phi) is 6.02.